The lowest BCUT2D eigenvalue weighted by atomic mass is 10.2. The van der Waals surface area contributed by atoms with Crippen LogP contribution in [0.4, 0.5) is 26.2 Å². The molecule has 4 rings (SSSR count). The van der Waals surface area contributed by atoms with Gasteiger partial charge in [-0.05, 0) is 30.3 Å². The average Bonchev–Trinajstić information content (AvgIpc) is 3.10. The number of aliphatic hydroxyl groups is 1. The molecule has 0 aromatic heterocycles. The van der Waals surface area contributed by atoms with Crippen LogP contribution in [0.25, 0.3) is 0 Å². The maximum atomic E-state index is 14.7. The number of aliphatic hydroxyl groups excluding tert-OH is 1. The highest BCUT2D eigenvalue weighted by atomic mass is 19.1. The first-order valence-corrected chi connectivity index (χ1v) is 9.09. The molecule has 2 saturated heterocycles. The fourth-order valence-corrected chi connectivity index (χ4v) is 3.59. The van der Waals surface area contributed by atoms with Crippen molar-refractivity contribution in [3.8, 4) is 0 Å². The zero-order valence-corrected chi connectivity index (χ0v) is 14.9. The smallest absolute Gasteiger partial charge is 0.414 e. The molecule has 2 fully saturated rings. The third-order valence-corrected chi connectivity index (χ3v) is 5.06. The van der Waals surface area contributed by atoms with E-state index in [-0.39, 0.29) is 19.0 Å². The molecule has 142 valence electrons. The van der Waals surface area contributed by atoms with Crippen LogP contribution in [-0.4, -0.2) is 56.6 Å². The number of ether oxygens (including phenoxy) is 1. The van der Waals surface area contributed by atoms with E-state index in [1.54, 1.807) is 12.1 Å². The van der Waals surface area contributed by atoms with Crippen LogP contribution in [0.2, 0.25) is 0 Å². The van der Waals surface area contributed by atoms with Crippen molar-refractivity contribution in [2.24, 2.45) is 0 Å². The molecule has 0 spiro atoms. The lowest BCUT2D eigenvalue weighted by Gasteiger charge is -2.37. The maximum Gasteiger partial charge on any atom is 0.414 e. The van der Waals surface area contributed by atoms with Gasteiger partial charge >= 0.3 is 6.09 Å². The van der Waals surface area contributed by atoms with Gasteiger partial charge in [-0.2, -0.15) is 0 Å². The molecule has 2 aromatic carbocycles. The van der Waals surface area contributed by atoms with Crippen molar-refractivity contribution in [2.45, 2.75) is 6.10 Å². The Morgan fingerprint density at radius 2 is 1.70 bits per heavy atom. The van der Waals surface area contributed by atoms with E-state index in [1.807, 2.05) is 23.1 Å². The standard InChI is InChI=1S/C20H22FN3O3/c21-18-12-16(24-13-17(14-25)27-20(24)26)6-7-19(18)23-10-8-22(9-11-23)15-4-2-1-3-5-15/h1-7,12,17,25H,8-11,13-14H2. The minimum Gasteiger partial charge on any atom is -0.441 e. The van der Waals surface area contributed by atoms with Crippen LogP contribution in [0, 0.1) is 5.82 Å². The van der Waals surface area contributed by atoms with Crippen molar-refractivity contribution in [3.63, 3.8) is 0 Å². The highest BCUT2D eigenvalue weighted by molar-refractivity contribution is 5.90. The third kappa shape index (κ3) is 3.55. The van der Waals surface area contributed by atoms with Gasteiger partial charge in [-0.25, -0.2) is 9.18 Å². The van der Waals surface area contributed by atoms with Crippen molar-refractivity contribution in [1.82, 2.24) is 0 Å². The predicted molar refractivity (Wildman–Crippen MR) is 102 cm³/mol. The number of para-hydroxylation sites is 1. The highest BCUT2D eigenvalue weighted by Gasteiger charge is 2.32. The molecule has 6 nitrogen and oxygen atoms in total. The summed E-state index contributed by atoms with van der Waals surface area (Å²) in [4.78, 5) is 17.5. The van der Waals surface area contributed by atoms with E-state index in [4.69, 9.17) is 9.84 Å². The number of carbonyl (C=O) groups is 1. The number of nitrogens with zero attached hydrogens (tertiary/aromatic N) is 3. The van der Waals surface area contributed by atoms with Crippen molar-refractivity contribution in [2.75, 3.05) is 54.0 Å². The third-order valence-electron chi connectivity index (χ3n) is 5.06. The van der Waals surface area contributed by atoms with Crippen molar-refractivity contribution in [3.05, 3.63) is 54.3 Å². The molecular formula is C20H22FN3O3. The molecule has 2 heterocycles. The number of benzene rings is 2. The number of hydrogen-bond acceptors (Lipinski definition) is 5. The summed E-state index contributed by atoms with van der Waals surface area (Å²) >= 11 is 0. The molecule has 2 aromatic rings. The van der Waals surface area contributed by atoms with Crippen molar-refractivity contribution < 1.29 is 19.0 Å². The van der Waals surface area contributed by atoms with Gasteiger partial charge in [0.05, 0.1) is 24.5 Å². The molecule has 7 heteroatoms. The molecule has 0 aliphatic carbocycles. The van der Waals surface area contributed by atoms with E-state index in [0.29, 0.717) is 11.4 Å². The normalized spacial score (nSPS) is 20.1. The van der Waals surface area contributed by atoms with Gasteiger partial charge in [0.25, 0.3) is 0 Å². The van der Waals surface area contributed by atoms with Gasteiger partial charge in [-0.15, -0.1) is 0 Å². The van der Waals surface area contributed by atoms with Gasteiger partial charge in [0.2, 0.25) is 0 Å². The monoisotopic (exact) mass is 371 g/mol. The van der Waals surface area contributed by atoms with Gasteiger partial charge in [0.15, 0.2) is 0 Å². The van der Waals surface area contributed by atoms with Crippen LogP contribution in [-0.2, 0) is 4.74 Å². The minimum absolute atomic E-state index is 0.226. The van der Waals surface area contributed by atoms with Crippen molar-refractivity contribution >= 4 is 23.2 Å². The summed E-state index contributed by atoms with van der Waals surface area (Å²) < 4.78 is 19.7. The molecular weight excluding hydrogens is 349 g/mol. The number of anilines is 3. The first kappa shape index (κ1) is 17.6. The van der Waals surface area contributed by atoms with E-state index < -0.39 is 12.2 Å². The molecule has 2 aliphatic heterocycles. The summed E-state index contributed by atoms with van der Waals surface area (Å²) in [6, 6.07) is 15.0. The quantitative estimate of drug-likeness (QED) is 0.895. The first-order chi connectivity index (χ1) is 13.2. The number of carbonyl (C=O) groups excluding carboxylic acids is 1. The molecule has 1 atom stereocenters. The zero-order valence-electron chi connectivity index (χ0n) is 14.9. The molecule has 0 radical (unpaired) electrons. The van der Waals surface area contributed by atoms with Gasteiger partial charge in [-0.3, -0.25) is 4.90 Å². The predicted octanol–water partition coefficient (Wildman–Crippen LogP) is 2.47. The molecule has 2 aliphatic rings. The van der Waals surface area contributed by atoms with E-state index in [0.717, 1.165) is 26.2 Å². The molecule has 0 bridgehead atoms. The van der Waals surface area contributed by atoms with Gasteiger partial charge in [-0.1, -0.05) is 18.2 Å². The summed E-state index contributed by atoms with van der Waals surface area (Å²) in [5, 5.41) is 9.13. The average molecular weight is 371 g/mol. The van der Waals surface area contributed by atoms with Crippen LogP contribution < -0.4 is 14.7 Å². The van der Waals surface area contributed by atoms with E-state index in [1.165, 1.54) is 16.7 Å². The Bertz CT molecular complexity index is 809. The summed E-state index contributed by atoms with van der Waals surface area (Å²) in [7, 11) is 0. The van der Waals surface area contributed by atoms with Crippen molar-refractivity contribution in [1.29, 1.82) is 0 Å². The Balaban J connectivity index is 1.44. The number of piperazine rings is 1. The summed E-state index contributed by atoms with van der Waals surface area (Å²) in [6.45, 7) is 3.08. The Morgan fingerprint density at radius 3 is 2.33 bits per heavy atom. The van der Waals surface area contributed by atoms with Gasteiger partial charge in [0.1, 0.15) is 11.9 Å². The number of halogens is 1. The second-order valence-corrected chi connectivity index (χ2v) is 6.74. The Morgan fingerprint density at radius 1 is 1.00 bits per heavy atom. The van der Waals surface area contributed by atoms with Crippen LogP contribution >= 0.6 is 0 Å². The Labute approximate surface area is 157 Å². The lowest BCUT2D eigenvalue weighted by molar-refractivity contribution is 0.0963. The topological polar surface area (TPSA) is 56.3 Å². The molecule has 0 saturated carbocycles. The maximum absolute atomic E-state index is 14.7. The lowest BCUT2D eigenvalue weighted by Crippen LogP contribution is -2.46. The number of cyclic esters (lactones) is 1. The molecule has 1 N–H and O–H groups in total. The SMILES string of the molecule is O=C1OC(CO)CN1c1ccc(N2CCN(c3ccccc3)CC2)c(F)c1. The highest BCUT2D eigenvalue weighted by Crippen LogP contribution is 2.29. The van der Waals surface area contributed by atoms with Gasteiger partial charge < -0.3 is 19.6 Å². The summed E-state index contributed by atoms with van der Waals surface area (Å²) in [6.07, 6.45) is -1.12. The van der Waals surface area contributed by atoms with Crippen LogP contribution in [0.15, 0.2) is 48.5 Å². The number of hydrogen-bond donors (Lipinski definition) is 1. The van der Waals surface area contributed by atoms with E-state index in [2.05, 4.69) is 17.0 Å². The van der Waals surface area contributed by atoms with Crippen LogP contribution in [0.3, 0.4) is 0 Å². The Kier molecular flexibility index (Phi) is 4.85. The molecule has 1 amide bonds. The first-order valence-electron chi connectivity index (χ1n) is 9.09. The van der Waals surface area contributed by atoms with E-state index in [9.17, 15) is 9.18 Å². The molecule has 1 unspecified atom stereocenters. The number of rotatable bonds is 4. The fourth-order valence-electron chi connectivity index (χ4n) is 3.59. The van der Waals surface area contributed by atoms with E-state index >= 15 is 0 Å². The largest absolute Gasteiger partial charge is 0.441 e. The second kappa shape index (κ2) is 7.44. The zero-order chi connectivity index (χ0) is 18.8. The fraction of sp³-hybridized carbons (Fsp3) is 0.350. The number of amides is 1. The minimum atomic E-state index is -0.564. The molecule has 27 heavy (non-hydrogen) atoms. The van der Waals surface area contributed by atoms with Crippen LogP contribution in [0.5, 0.6) is 0 Å². The second-order valence-electron chi connectivity index (χ2n) is 6.74. The van der Waals surface area contributed by atoms with Crippen LogP contribution in [0.1, 0.15) is 0 Å². The van der Waals surface area contributed by atoms with Gasteiger partial charge in [0, 0.05) is 31.9 Å². The Hall–Kier alpha value is -2.80. The summed E-state index contributed by atoms with van der Waals surface area (Å²) in [5.74, 6) is -0.360. The summed E-state index contributed by atoms with van der Waals surface area (Å²) in [5.41, 5.74) is 2.16.